The number of halogens is 2. The number of hydrogen-bond acceptors (Lipinski definition) is 4. The first-order chi connectivity index (χ1) is 13.4. The summed E-state index contributed by atoms with van der Waals surface area (Å²) in [7, 11) is 3.23. The quantitative estimate of drug-likeness (QED) is 0.578. The van der Waals surface area contributed by atoms with Gasteiger partial charge in [0, 0.05) is 29.2 Å². The molecule has 0 saturated heterocycles. The summed E-state index contributed by atoms with van der Waals surface area (Å²) in [6.45, 7) is -0.632. The topological polar surface area (TPSA) is 54.6 Å². The highest BCUT2D eigenvalue weighted by Gasteiger charge is 2.22. The second-order valence-electron chi connectivity index (χ2n) is 6.57. The molecular formula is C21H22F2N2O3. The lowest BCUT2D eigenvalue weighted by atomic mass is 10.0. The molecule has 5 nitrogen and oxygen atoms in total. The van der Waals surface area contributed by atoms with Crippen molar-refractivity contribution in [1.82, 2.24) is 9.88 Å². The number of para-hydroxylation sites is 1. The van der Waals surface area contributed by atoms with E-state index < -0.39 is 6.61 Å². The van der Waals surface area contributed by atoms with E-state index in [1.807, 2.05) is 43.1 Å². The molecule has 1 aromatic heterocycles. The van der Waals surface area contributed by atoms with Crippen molar-refractivity contribution in [3.05, 3.63) is 59.8 Å². The van der Waals surface area contributed by atoms with Crippen LogP contribution < -0.4 is 9.47 Å². The summed E-state index contributed by atoms with van der Waals surface area (Å²) < 4.78 is 34.5. The fourth-order valence-corrected chi connectivity index (χ4v) is 3.13. The van der Waals surface area contributed by atoms with Crippen LogP contribution in [0.5, 0.6) is 11.5 Å². The number of nitrogens with one attached hydrogen (secondary N) is 1. The highest BCUT2D eigenvalue weighted by atomic mass is 19.3. The number of fused-ring (bicyclic) bond motifs is 1. The molecule has 3 rings (SSSR count). The van der Waals surface area contributed by atoms with Crippen molar-refractivity contribution in [2.24, 2.45) is 0 Å². The monoisotopic (exact) mass is 388 g/mol. The van der Waals surface area contributed by atoms with Gasteiger partial charge in [0.05, 0.1) is 13.2 Å². The third kappa shape index (κ3) is 4.14. The highest BCUT2D eigenvalue weighted by Crippen LogP contribution is 2.30. The maximum absolute atomic E-state index is 13.0. The van der Waals surface area contributed by atoms with Crippen LogP contribution >= 0.6 is 0 Å². The third-order valence-corrected chi connectivity index (χ3v) is 4.77. The summed E-state index contributed by atoms with van der Waals surface area (Å²) in [5.74, 6) is 0.207. The van der Waals surface area contributed by atoms with E-state index in [0.717, 1.165) is 16.5 Å². The van der Waals surface area contributed by atoms with Gasteiger partial charge in [0.2, 0.25) is 0 Å². The molecule has 7 heteroatoms. The van der Waals surface area contributed by atoms with E-state index >= 15 is 0 Å². The van der Waals surface area contributed by atoms with Gasteiger partial charge in [-0.25, -0.2) is 0 Å². The minimum Gasteiger partial charge on any atom is -0.493 e. The number of aromatic nitrogens is 1. The van der Waals surface area contributed by atoms with Gasteiger partial charge in [-0.3, -0.25) is 9.69 Å². The lowest BCUT2D eigenvalue weighted by molar-refractivity contribution is -0.0512. The van der Waals surface area contributed by atoms with Crippen molar-refractivity contribution in [1.29, 1.82) is 0 Å². The van der Waals surface area contributed by atoms with Gasteiger partial charge in [0.1, 0.15) is 0 Å². The van der Waals surface area contributed by atoms with Crippen molar-refractivity contribution >= 4 is 16.7 Å². The SMILES string of the molecule is COc1cc(CN(C)C(C)C(=O)c2c[nH]c3ccccc23)ccc1OC(F)F. The average molecular weight is 388 g/mol. The average Bonchev–Trinajstić information content (AvgIpc) is 3.11. The molecule has 0 aliphatic heterocycles. The second kappa shape index (κ2) is 8.39. The first-order valence-corrected chi connectivity index (χ1v) is 8.83. The molecule has 0 amide bonds. The van der Waals surface area contributed by atoms with Crippen LogP contribution in [-0.2, 0) is 6.54 Å². The Balaban J connectivity index is 1.75. The maximum atomic E-state index is 13.0. The van der Waals surface area contributed by atoms with Gasteiger partial charge in [-0.05, 0) is 37.7 Å². The molecule has 0 fully saturated rings. The van der Waals surface area contributed by atoms with E-state index in [1.54, 1.807) is 18.3 Å². The van der Waals surface area contributed by atoms with Crippen LogP contribution in [0.1, 0.15) is 22.8 Å². The third-order valence-electron chi connectivity index (χ3n) is 4.77. The molecule has 1 unspecified atom stereocenters. The minimum absolute atomic E-state index is 0.00423. The largest absolute Gasteiger partial charge is 0.493 e. The molecular weight excluding hydrogens is 366 g/mol. The standard InChI is InChI=1S/C21H22F2N2O3/c1-13(20(26)16-11-24-17-7-5-4-6-15(16)17)25(2)12-14-8-9-18(28-21(22)23)19(10-14)27-3/h4-11,13,21,24H,12H2,1-3H3. The van der Waals surface area contributed by atoms with Crippen molar-refractivity contribution < 1.29 is 23.0 Å². The van der Waals surface area contributed by atoms with E-state index in [0.29, 0.717) is 12.1 Å². The molecule has 2 aromatic carbocycles. The normalized spacial score (nSPS) is 12.5. The number of carbonyl (C=O) groups excluding carboxylic acids is 1. The summed E-state index contributed by atoms with van der Waals surface area (Å²) in [6, 6.07) is 12.0. The van der Waals surface area contributed by atoms with Crippen molar-refractivity contribution in [2.45, 2.75) is 26.1 Å². The Bertz CT molecular complexity index is 971. The van der Waals surface area contributed by atoms with Crippen LogP contribution in [0.2, 0.25) is 0 Å². The Hall–Kier alpha value is -2.93. The lowest BCUT2D eigenvalue weighted by Crippen LogP contribution is -2.35. The number of nitrogens with zero attached hydrogens (tertiary/aromatic N) is 1. The summed E-state index contributed by atoms with van der Waals surface area (Å²) >= 11 is 0. The molecule has 1 heterocycles. The molecule has 148 valence electrons. The summed E-state index contributed by atoms with van der Waals surface area (Å²) in [6.07, 6.45) is 1.73. The van der Waals surface area contributed by atoms with Crippen molar-refractivity contribution in [2.75, 3.05) is 14.2 Å². The first kappa shape index (κ1) is 19.8. The zero-order valence-electron chi connectivity index (χ0n) is 15.9. The molecule has 3 aromatic rings. The number of carbonyl (C=O) groups is 1. The Morgan fingerprint density at radius 3 is 2.64 bits per heavy atom. The number of benzene rings is 2. The molecule has 0 saturated carbocycles. The van der Waals surface area contributed by atoms with E-state index in [4.69, 9.17) is 4.74 Å². The zero-order valence-corrected chi connectivity index (χ0v) is 15.9. The number of ketones is 1. The van der Waals surface area contributed by atoms with Crippen LogP contribution in [0.3, 0.4) is 0 Å². The Morgan fingerprint density at radius 2 is 1.93 bits per heavy atom. The molecule has 1 atom stereocenters. The summed E-state index contributed by atoms with van der Waals surface area (Å²) in [5.41, 5.74) is 2.38. The Morgan fingerprint density at radius 1 is 1.18 bits per heavy atom. The van der Waals surface area contributed by atoms with E-state index in [-0.39, 0.29) is 23.3 Å². The van der Waals surface area contributed by atoms with E-state index in [9.17, 15) is 13.6 Å². The van der Waals surface area contributed by atoms with Crippen molar-refractivity contribution in [3.8, 4) is 11.5 Å². The smallest absolute Gasteiger partial charge is 0.387 e. The van der Waals surface area contributed by atoms with Gasteiger partial charge in [-0.15, -0.1) is 0 Å². The molecule has 0 aliphatic carbocycles. The molecule has 0 bridgehead atoms. The van der Waals surface area contributed by atoms with Gasteiger partial charge in [-0.1, -0.05) is 24.3 Å². The lowest BCUT2D eigenvalue weighted by Gasteiger charge is -2.24. The fourth-order valence-electron chi connectivity index (χ4n) is 3.13. The zero-order chi connectivity index (χ0) is 20.3. The Labute approximate surface area is 161 Å². The number of alkyl halides is 2. The van der Waals surface area contributed by atoms with Gasteiger partial charge in [0.25, 0.3) is 0 Å². The molecule has 28 heavy (non-hydrogen) atoms. The van der Waals surface area contributed by atoms with Crippen LogP contribution in [0.4, 0.5) is 8.78 Å². The van der Waals surface area contributed by atoms with Crippen LogP contribution in [0.25, 0.3) is 10.9 Å². The molecule has 1 N–H and O–H groups in total. The van der Waals surface area contributed by atoms with Gasteiger partial charge < -0.3 is 14.5 Å². The second-order valence-corrected chi connectivity index (χ2v) is 6.57. The van der Waals surface area contributed by atoms with Gasteiger partial charge >= 0.3 is 6.61 Å². The van der Waals surface area contributed by atoms with Crippen LogP contribution in [0, 0.1) is 0 Å². The van der Waals surface area contributed by atoms with Crippen LogP contribution in [-0.4, -0.2) is 42.5 Å². The number of methoxy groups -OCH3 is 1. The number of rotatable bonds is 8. The fraction of sp³-hybridized carbons (Fsp3) is 0.286. The van der Waals surface area contributed by atoms with Gasteiger partial charge in [0.15, 0.2) is 17.3 Å². The number of aromatic amines is 1. The van der Waals surface area contributed by atoms with Gasteiger partial charge in [-0.2, -0.15) is 8.78 Å². The number of H-pyrrole nitrogens is 1. The maximum Gasteiger partial charge on any atom is 0.387 e. The molecule has 0 radical (unpaired) electrons. The number of ether oxygens (including phenoxy) is 2. The predicted molar refractivity (Wildman–Crippen MR) is 103 cm³/mol. The Kier molecular flexibility index (Phi) is 5.94. The van der Waals surface area contributed by atoms with E-state index in [2.05, 4.69) is 9.72 Å². The number of Topliss-reactive ketones (excluding diaryl/α,β-unsaturated/α-hetero) is 1. The van der Waals surface area contributed by atoms with Crippen molar-refractivity contribution in [3.63, 3.8) is 0 Å². The predicted octanol–water partition coefficient (Wildman–Crippen LogP) is 4.48. The number of hydrogen-bond donors (Lipinski definition) is 1. The summed E-state index contributed by atoms with van der Waals surface area (Å²) in [4.78, 5) is 18.0. The van der Waals surface area contributed by atoms with Crippen LogP contribution in [0.15, 0.2) is 48.7 Å². The highest BCUT2D eigenvalue weighted by molar-refractivity contribution is 6.10. The molecule has 0 spiro atoms. The summed E-state index contributed by atoms with van der Waals surface area (Å²) in [5, 5.41) is 0.892. The number of likely N-dealkylation sites (N-methyl/N-ethyl adjacent to an activating group) is 1. The first-order valence-electron chi connectivity index (χ1n) is 8.83. The minimum atomic E-state index is -2.92. The van der Waals surface area contributed by atoms with E-state index in [1.165, 1.54) is 13.2 Å². The molecule has 0 aliphatic rings.